The average molecular weight is 626 g/mol. The molecule has 0 unspecified atom stereocenters. The van der Waals surface area contributed by atoms with Crippen LogP contribution in [-0.4, -0.2) is 105 Å². The lowest BCUT2D eigenvalue weighted by Crippen LogP contribution is -2.49. The summed E-state index contributed by atoms with van der Waals surface area (Å²) in [5.74, 6) is 0.871. The summed E-state index contributed by atoms with van der Waals surface area (Å²) in [4.78, 5) is 28.7. The number of carbonyl (C=O) groups excluding carboxylic acids is 1. The molecule has 0 radical (unpaired) electrons. The van der Waals surface area contributed by atoms with E-state index in [0.717, 1.165) is 83.9 Å². The van der Waals surface area contributed by atoms with Crippen molar-refractivity contribution in [3.63, 3.8) is 0 Å². The van der Waals surface area contributed by atoms with E-state index in [0.29, 0.717) is 25.3 Å². The van der Waals surface area contributed by atoms with Crippen LogP contribution in [0.1, 0.15) is 30.1 Å². The van der Waals surface area contributed by atoms with Crippen molar-refractivity contribution in [2.75, 3.05) is 64.9 Å². The van der Waals surface area contributed by atoms with Gasteiger partial charge in [0.2, 0.25) is 5.91 Å². The fraction of sp³-hybridized carbons (Fsp3) is 0.441. The zero-order chi connectivity index (χ0) is 31.9. The van der Waals surface area contributed by atoms with E-state index in [-0.39, 0.29) is 23.7 Å². The number of amides is 1. The number of hydrogen-bond acceptors (Lipinski definition) is 8. The number of anilines is 1. The van der Waals surface area contributed by atoms with Crippen molar-refractivity contribution >= 4 is 33.8 Å². The number of aromatic nitrogens is 6. The van der Waals surface area contributed by atoms with Crippen LogP contribution in [0.5, 0.6) is 0 Å². The SMILES string of the molecule is Cc1nnn(C)c1-c1cnc2c3ccc(N4CCN(CC(=O)N(C)C)CC4)nc3n([C@H](c3ccccc3F)C3CCOCC3)c2c1. The van der Waals surface area contributed by atoms with Crippen molar-refractivity contribution < 1.29 is 13.9 Å². The van der Waals surface area contributed by atoms with Gasteiger partial charge in [-0.25, -0.2) is 14.1 Å². The predicted molar refractivity (Wildman–Crippen MR) is 175 cm³/mol. The zero-order valence-electron chi connectivity index (χ0n) is 26.9. The van der Waals surface area contributed by atoms with E-state index in [9.17, 15) is 4.79 Å². The Hall–Kier alpha value is -4.42. The van der Waals surface area contributed by atoms with E-state index in [1.807, 2.05) is 32.3 Å². The molecular formula is C34H40FN9O2. The van der Waals surface area contributed by atoms with Crippen LogP contribution in [0.3, 0.4) is 0 Å². The molecule has 1 aromatic carbocycles. The Morgan fingerprint density at radius 2 is 1.85 bits per heavy atom. The molecular weight excluding hydrogens is 585 g/mol. The maximum Gasteiger partial charge on any atom is 0.236 e. The summed E-state index contributed by atoms with van der Waals surface area (Å²) in [6, 6.07) is 13.1. The van der Waals surface area contributed by atoms with E-state index in [1.54, 1.807) is 35.8 Å². The molecule has 6 heterocycles. The molecule has 1 amide bonds. The third-order valence-corrected chi connectivity index (χ3v) is 9.51. The first-order chi connectivity index (χ1) is 22.3. The van der Waals surface area contributed by atoms with Gasteiger partial charge in [-0.05, 0) is 49.9 Å². The predicted octanol–water partition coefficient (Wildman–Crippen LogP) is 4.05. The number of aryl methyl sites for hydroxylation is 2. The number of likely N-dealkylation sites (N-methyl/N-ethyl adjacent to an activating group) is 1. The van der Waals surface area contributed by atoms with E-state index < -0.39 is 0 Å². The number of ether oxygens (including phenoxy) is 1. The first-order valence-electron chi connectivity index (χ1n) is 16.0. The Balaban J connectivity index is 1.38. The minimum Gasteiger partial charge on any atom is -0.381 e. The number of fused-ring (bicyclic) bond motifs is 3. The number of pyridine rings is 2. The van der Waals surface area contributed by atoms with Gasteiger partial charge in [0.15, 0.2) is 0 Å². The van der Waals surface area contributed by atoms with E-state index in [1.165, 1.54) is 0 Å². The van der Waals surface area contributed by atoms with Gasteiger partial charge >= 0.3 is 0 Å². The van der Waals surface area contributed by atoms with Crippen LogP contribution in [0, 0.1) is 18.7 Å². The summed E-state index contributed by atoms with van der Waals surface area (Å²) < 4.78 is 25.6. The summed E-state index contributed by atoms with van der Waals surface area (Å²) in [6.45, 7) is 6.67. The molecule has 2 aliphatic heterocycles. The molecule has 2 fully saturated rings. The van der Waals surface area contributed by atoms with Crippen molar-refractivity contribution in [3.8, 4) is 11.3 Å². The molecule has 0 bridgehead atoms. The van der Waals surface area contributed by atoms with E-state index in [2.05, 4.69) is 42.9 Å². The van der Waals surface area contributed by atoms with Gasteiger partial charge in [-0.2, -0.15) is 0 Å². The highest BCUT2D eigenvalue weighted by Gasteiger charge is 2.33. The maximum atomic E-state index is 15.8. The topological polar surface area (TPSA) is 97.4 Å². The van der Waals surface area contributed by atoms with Crippen LogP contribution in [0.4, 0.5) is 10.2 Å². The summed E-state index contributed by atoms with van der Waals surface area (Å²) in [7, 11) is 5.46. The first-order valence-corrected chi connectivity index (χ1v) is 16.0. The number of halogens is 1. The van der Waals surface area contributed by atoms with Crippen LogP contribution in [0.15, 0.2) is 48.7 Å². The fourth-order valence-electron chi connectivity index (χ4n) is 7.03. The Morgan fingerprint density at radius 1 is 1.09 bits per heavy atom. The zero-order valence-corrected chi connectivity index (χ0v) is 26.9. The molecule has 11 nitrogen and oxygen atoms in total. The minimum atomic E-state index is -0.315. The standard InChI is InChI=1S/C34H40FN9O2/c1-22-32(41(4)39-38-22)24-19-28-31(36-20-24)26-9-10-29(43-15-13-42(14-16-43)21-30(45)40(2)3)37-34(26)44(28)33(23-11-17-46-18-12-23)25-7-5-6-8-27(25)35/h5-10,19-20,23,33H,11-18,21H2,1-4H3/t33-/m0/s1. The summed E-state index contributed by atoms with van der Waals surface area (Å²) in [5.41, 5.74) is 5.73. The smallest absolute Gasteiger partial charge is 0.236 e. The fourth-order valence-corrected chi connectivity index (χ4v) is 7.03. The van der Waals surface area contributed by atoms with Crippen LogP contribution in [-0.2, 0) is 16.6 Å². The van der Waals surface area contributed by atoms with Gasteiger partial charge in [0.05, 0.1) is 35.0 Å². The van der Waals surface area contributed by atoms with Crippen LogP contribution in [0.2, 0.25) is 0 Å². The maximum absolute atomic E-state index is 15.8. The summed E-state index contributed by atoms with van der Waals surface area (Å²) in [6.07, 6.45) is 3.49. The van der Waals surface area contributed by atoms with Crippen LogP contribution in [0.25, 0.3) is 33.3 Å². The Bertz CT molecular complexity index is 1870. The van der Waals surface area contributed by atoms with Crippen molar-refractivity contribution in [1.29, 1.82) is 0 Å². The third kappa shape index (κ3) is 5.49. The molecule has 0 aliphatic carbocycles. The lowest BCUT2D eigenvalue weighted by molar-refractivity contribution is -0.129. The monoisotopic (exact) mass is 625 g/mol. The van der Waals surface area contributed by atoms with Crippen molar-refractivity contribution in [2.24, 2.45) is 13.0 Å². The van der Waals surface area contributed by atoms with Crippen molar-refractivity contribution in [1.82, 2.24) is 39.3 Å². The number of benzene rings is 1. The normalized spacial score (nSPS) is 17.2. The lowest BCUT2D eigenvalue weighted by Gasteiger charge is -2.35. The van der Waals surface area contributed by atoms with Crippen molar-refractivity contribution in [2.45, 2.75) is 25.8 Å². The lowest BCUT2D eigenvalue weighted by atomic mass is 9.86. The second-order valence-electron chi connectivity index (χ2n) is 12.6. The number of rotatable bonds is 7. The molecule has 1 atom stereocenters. The molecule has 240 valence electrons. The van der Waals surface area contributed by atoms with Crippen molar-refractivity contribution in [3.05, 3.63) is 65.7 Å². The molecule has 12 heteroatoms. The van der Waals surface area contributed by atoms with Crippen LogP contribution < -0.4 is 4.90 Å². The Kier molecular flexibility index (Phi) is 8.16. The third-order valence-electron chi connectivity index (χ3n) is 9.51. The van der Waals surface area contributed by atoms with E-state index in [4.69, 9.17) is 14.7 Å². The van der Waals surface area contributed by atoms with Gasteiger partial charge in [-0.1, -0.05) is 23.4 Å². The van der Waals surface area contributed by atoms with Gasteiger partial charge in [0.25, 0.3) is 0 Å². The molecule has 46 heavy (non-hydrogen) atoms. The molecule has 0 saturated carbocycles. The quantitative estimate of drug-likeness (QED) is 0.267. The minimum absolute atomic E-state index is 0.105. The van der Waals surface area contributed by atoms with Gasteiger partial charge in [-0.15, -0.1) is 5.10 Å². The second kappa shape index (κ2) is 12.4. The number of hydrogen-bond donors (Lipinski definition) is 0. The summed E-state index contributed by atoms with van der Waals surface area (Å²) in [5, 5.41) is 9.42. The highest BCUT2D eigenvalue weighted by atomic mass is 19.1. The molecule has 0 N–H and O–H groups in total. The second-order valence-corrected chi connectivity index (χ2v) is 12.6. The van der Waals surface area contributed by atoms with Crippen LogP contribution >= 0.6 is 0 Å². The molecule has 7 rings (SSSR count). The molecule has 4 aromatic heterocycles. The Labute approximate surface area is 267 Å². The van der Waals surface area contributed by atoms with E-state index >= 15 is 4.39 Å². The van der Waals surface area contributed by atoms with Gasteiger partial charge in [-0.3, -0.25) is 14.7 Å². The number of nitrogens with zero attached hydrogens (tertiary/aromatic N) is 9. The highest BCUT2D eigenvalue weighted by Crippen LogP contribution is 2.42. The van der Waals surface area contributed by atoms with Gasteiger partial charge in [0, 0.05) is 83.2 Å². The van der Waals surface area contributed by atoms with Gasteiger partial charge < -0.3 is 19.1 Å². The number of piperazine rings is 1. The summed E-state index contributed by atoms with van der Waals surface area (Å²) >= 11 is 0. The highest BCUT2D eigenvalue weighted by molar-refractivity contribution is 6.05. The number of carbonyl (C=O) groups is 1. The Morgan fingerprint density at radius 3 is 2.54 bits per heavy atom. The average Bonchev–Trinajstić information content (AvgIpc) is 3.57. The van der Waals surface area contributed by atoms with Gasteiger partial charge in [0.1, 0.15) is 17.3 Å². The first kappa shape index (κ1) is 30.2. The molecule has 2 aliphatic rings. The molecule has 5 aromatic rings. The largest absolute Gasteiger partial charge is 0.381 e. The molecule has 0 spiro atoms. The molecule has 2 saturated heterocycles.